The van der Waals surface area contributed by atoms with E-state index < -0.39 is 11.8 Å². The molecule has 3 aromatic carbocycles. The van der Waals surface area contributed by atoms with Crippen LogP contribution in [0.1, 0.15) is 5.56 Å². The molecule has 0 radical (unpaired) electrons. The molecule has 0 bridgehead atoms. The summed E-state index contributed by atoms with van der Waals surface area (Å²) in [5, 5.41) is 3.52. The first-order chi connectivity index (χ1) is 15.6. The zero-order valence-corrected chi connectivity index (χ0v) is 17.7. The first kappa shape index (κ1) is 20.0. The standard InChI is InChI=1S/C24H17ClN2O5/c1-30-18-8-3-2-7-17(18)21-22(26-15-9-10-19-20(12-15)32-13-31-19)24(29)27(23(21)28)16-6-4-5-14(25)11-16/h2-12,26H,13H2,1H3. The highest BCUT2D eigenvalue weighted by molar-refractivity contribution is 6.46. The number of rotatable bonds is 5. The summed E-state index contributed by atoms with van der Waals surface area (Å²) >= 11 is 6.12. The zero-order valence-electron chi connectivity index (χ0n) is 16.9. The number of amides is 2. The fraction of sp³-hybridized carbons (Fsp3) is 0.0833. The van der Waals surface area contributed by atoms with Crippen molar-refractivity contribution in [1.29, 1.82) is 0 Å². The molecule has 2 aliphatic rings. The number of methoxy groups -OCH3 is 1. The molecule has 0 aromatic heterocycles. The highest BCUT2D eigenvalue weighted by Crippen LogP contribution is 2.39. The van der Waals surface area contributed by atoms with Gasteiger partial charge in [0.1, 0.15) is 11.4 Å². The fourth-order valence-corrected chi connectivity index (χ4v) is 3.90. The third-order valence-electron chi connectivity index (χ3n) is 5.17. The molecule has 3 aromatic rings. The number of para-hydroxylation sites is 1. The van der Waals surface area contributed by atoms with Gasteiger partial charge in [-0.3, -0.25) is 9.59 Å². The first-order valence-corrected chi connectivity index (χ1v) is 10.1. The van der Waals surface area contributed by atoms with Crippen molar-refractivity contribution in [3.63, 3.8) is 0 Å². The van der Waals surface area contributed by atoms with Gasteiger partial charge in [0.25, 0.3) is 11.8 Å². The summed E-state index contributed by atoms with van der Waals surface area (Å²) < 4.78 is 16.2. The molecule has 0 spiro atoms. The Morgan fingerprint density at radius 3 is 2.56 bits per heavy atom. The number of nitrogens with one attached hydrogen (secondary N) is 1. The van der Waals surface area contributed by atoms with Crippen LogP contribution in [0.5, 0.6) is 17.2 Å². The summed E-state index contributed by atoms with van der Waals surface area (Å²) in [6.07, 6.45) is 0. The second kappa shape index (κ2) is 7.94. The number of nitrogens with zero attached hydrogens (tertiary/aromatic N) is 1. The Morgan fingerprint density at radius 1 is 0.938 bits per heavy atom. The molecule has 0 aliphatic carbocycles. The molecule has 1 N–H and O–H groups in total. The van der Waals surface area contributed by atoms with Gasteiger partial charge in [-0.05, 0) is 36.4 Å². The predicted molar refractivity (Wildman–Crippen MR) is 120 cm³/mol. The summed E-state index contributed by atoms with van der Waals surface area (Å²) in [5.41, 5.74) is 1.78. The van der Waals surface area contributed by atoms with Gasteiger partial charge < -0.3 is 19.5 Å². The highest BCUT2D eigenvalue weighted by Gasteiger charge is 2.41. The van der Waals surface area contributed by atoms with Crippen molar-refractivity contribution in [1.82, 2.24) is 0 Å². The van der Waals surface area contributed by atoms with Crippen molar-refractivity contribution in [2.45, 2.75) is 0 Å². The maximum Gasteiger partial charge on any atom is 0.282 e. The molecular formula is C24H17ClN2O5. The van der Waals surface area contributed by atoms with Gasteiger partial charge in [-0.1, -0.05) is 35.9 Å². The number of carbonyl (C=O) groups is 2. The minimum Gasteiger partial charge on any atom is -0.496 e. The van der Waals surface area contributed by atoms with E-state index in [0.29, 0.717) is 39.2 Å². The molecule has 2 amide bonds. The van der Waals surface area contributed by atoms with Gasteiger partial charge >= 0.3 is 0 Å². The minimum atomic E-state index is -0.504. The third kappa shape index (κ3) is 3.33. The van der Waals surface area contributed by atoms with Crippen LogP contribution in [0.25, 0.3) is 5.57 Å². The van der Waals surface area contributed by atoms with Crippen molar-refractivity contribution in [3.8, 4) is 17.2 Å². The van der Waals surface area contributed by atoms with Crippen LogP contribution in [0, 0.1) is 0 Å². The molecule has 2 aliphatic heterocycles. The van der Waals surface area contributed by atoms with Crippen LogP contribution in [-0.4, -0.2) is 25.7 Å². The largest absolute Gasteiger partial charge is 0.496 e. The number of imide groups is 1. The maximum atomic E-state index is 13.5. The average molecular weight is 449 g/mol. The lowest BCUT2D eigenvalue weighted by Gasteiger charge is -2.16. The van der Waals surface area contributed by atoms with Gasteiger partial charge in [-0.25, -0.2) is 4.90 Å². The van der Waals surface area contributed by atoms with Crippen LogP contribution in [-0.2, 0) is 9.59 Å². The van der Waals surface area contributed by atoms with Gasteiger partial charge in [0.05, 0.1) is 18.4 Å². The van der Waals surface area contributed by atoms with Crippen LogP contribution in [0.3, 0.4) is 0 Å². The Bertz CT molecular complexity index is 1290. The highest BCUT2D eigenvalue weighted by atomic mass is 35.5. The second-order valence-electron chi connectivity index (χ2n) is 7.07. The molecule has 0 atom stereocenters. The molecule has 32 heavy (non-hydrogen) atoms. The van der Waals surface area contributed by atoms with E-state index in [0.717, 1.165) is 4.90 Å². The topological polar surface area (TPSA) is 77.1 Å². The molecule has 160 valence electrons. The van der Waals surface area contributed by atoms with Gasteiger partial charge in [0, 0.05) is 22.3 Å². The lowest BCUT2D eigenvalue weighted by Crippen LogP contribution is -2.32. The summed E-state index contributed by atoms with van der Waals surface area (Å²) in [6, 6.07) is 18.8. The molecule has 0 saturated heterocycles. The SMILES string of the molecule is COc1ccccc1C1=C(Nc2ccc3c(c2)OCO3)C(=O)N(c2cccc(Cl)c2)C1=O. The summed E-state index contributed by atoms with van der Waals surface area (Å²) in [4.78, 5) is 28.1. The van der Waals surface area contributed by atoms with Crippen molar-refractivity contribution >= 4 is 40.4 Å². The van der Waals surface area contributed by atoms with E-state index in [1.807, 2.05) is 0 Å². The van der Waals surface area contributed by atoms with E-state index >= 15 is 0 Å². The molecule has 2 heterocycles. The van der Waals surface area contributed by atoms with E-state index in [1.54, 1.807) is 66.7 Å². The number of fused-ring (bicyclic) bond motifs is 1. The van der Waals surface area contributed by atoms with Crippen LogP contribution < -0.4 is 24.4 Å². The number of hydrogen-bond donors (Lipinski definition) is 1. The summed E-state index contributed by atoms with van der Waals surface area (Å²) in [7, 11) is 1.51. The monoisotopic (exact) mass is 448 g/mol. The maximum absolute atomic E-state index is 13.5. The van der Waals surface area contributed by atoms with Crippen LogP contribution in [0.4, 0.5) is 11.4 Å². The minimum absolute atomic E-state index is 0.123. The van der Waals surface area contributed by atoms with E-state index in [-0.39, 0.29) is 18.1 Å². The number of benzene rings is 3. The Morgan fingerprint density at radius 2 is 1.75 bits per heavy atom. The second-order valence-corrected chi connectivity index (χ2v) is 7.51. The van der Waals surface area contributed by atoms with E-state index in [9.17, 15) is 9.59 Å². The summed E-state index contributed by atoms with van der Waals surface area (Å²) in [6.45, 7) is 0.133. The van der Waals surface area contributed by atoms with Gasteiger partial charge in [0.2, 0.25) is 6.79 Å². The molecular weight excluding hydrogens is 432 g/mol. The molecule has 0 unspecified atom stereocenters. The molecule has 0 saturated carbocycles. The van der Waals surface area contributed by atoms with Gasteiger partial charge in [-0.15, -0.1) is 0 Å². The van der Waals surface area contributed by atoms with Crippen LogP contribution in [0.2, 0.25) is 5.02 Å². The van der Waals surface area contributed by atoms with E-state index in [4.69, 9.17) is 25.8 Å². The number of ether oxygens (including phenoxy) is 3. The molecule has 7 nitrogen and oxygen atoms in total. The third-order valence-corrected chi connectivity index (χ3v) is 5.40. The normalized spacial score (nSPS) is 14.9. The molecule has 5 rings (SSSR count). The number of anilines is 2. The Hall–Kier alpha value is -3.97. The van der Waals surface area contributed by atoms with Crippen molar-refractivity contribution in [2.24, 2.45) is 0 Å². The number of hydrogen-bond acceptors (Lipinski definition) is 6. The Labute approximate surface area is 188 Å². The van der Waals surface area contributed by atoms with Crippen molar-refractivity contribution in [2.75, 3.05) is 24.1 Å². The zero-order chi connectivity index (χ0) is 22.2. The van der Waals surface area contributed by atoms with Gasteiger partial charge in [0.15, 0.2) is 11.5 Å². The summed E-state index contributed by atoms with van der Waals surface area (Å²) in [5.74, 6) is 0.657. The van der Waals surface area contributed by atoms with E-state index in [2.05, 4.69) is 5.32 Å². The quantitative estimate of drug-likeness (QED) is 0.580. The van der Waals surface area contributed by atoms with Crippen LogP contribution >= 0.6 is 11.6 Å². The number of carbonyl (C=O) groups excluding carboxylic acids is 2. The first-order valence-electron chi connectivity index (χ1n) is 9.75. The van der Waals surface area contributed by atoms with Crippen LogP contribution in [0.15, 0.2) is 72.4 Å². The Kier molecular flexibility index (Phi) is 4.95. The predicted octanol–water partition coefficient (Wildman–Crippen LogP) is 4.47. The number of halogens is 1. The Balaban J connectivity index is 1.63. The lowest BCUT2D eigenvalue weighted by atomic mass is 10.0. The average Bonchev–Trinajstić information content (AvgIpc) is 3.35. The smallest absolute Gasteiger partial charge is 0.282 e. The molecule has 0 fully saturated rings. The van der Waals surface area contributed by atoms with Crippen molar-refractivity contribution < 1.29 is 23.8 Å². The van der Waals surface area contributed by atoms with E-state index in [1.165, 1.54) is 7.11 Å². The lowest BCUT2D eigenvalue weighted by molar-refractivity contribution is -0.120. The molecule has 8 heteroatoms. The van der Waals surface area contributed by atoms with Crippen molar-refractivity contribution in [3.05, 3.63) is 83.0 Å². The van der Waals surface area contributed by atoms with Gasteiger partial charge in [-0.2, -0.15) is 0 Å². The fourth-order valence-electron chi connectivity index (χ4n) is 3.72.